The monoisotopic (exact) mass is 228 g/mol. The first-order valence-electron chi connectivity index (χ1n) is 6.08. The van der Waals surface area contributed by atoms with Crippen molar-refractivity contribution < 1.29 is 0 Å². The SMILES string of the molecule is c1ccc(N2CCCC(n3cccn3)C2)nc1. The van der Waals surface area contributed by atoms with E-state index in [0.717, 1.165) is 18.9 Å². The molecule has 0 aliphatic carbocycles. The summed E-state index contributed by atoms with van der Waals surface area (Å²) < 4.78 is 2.06. The number of anilines is 1. The predicted molar refractivity (Wildman–Crippen MR) is 66.9 cm³/mol. The van der Waals surface area contributed by atoms with Crippen LogP contribution in [0.3, 0.4) is 0 Å². The highest BCUT2D eigenvalue weighted by molar-refractivity contribution is 5.38. The molecule has 4 heteroatoms. The van der Waals surface area contributed by atoms with Gasteiger partial charge < -0.3 is 4.90 Å². The van der Waals surface area contributed by atoms with E-state index in [0.29, 0.717) is 6.04 Å². The fourth-order valence-corrected chi connectivity index (χ4v) is 2.42. The Kier molecular flexibility index (Phi) is 2.78. The molecule has 4 nitrogen and oxygen atoms in total. The smallest absolute Gasteiger partial charge is 0.128 e. The number of hydrogen-bond donors (Lipinski definition) is 0. The fourth-order valence-electron chi connectivity index (χ4n) is 2.42. The molecule has 0 bridgehead atoms. The topological polar surface area (TPSA) is 34.0 Å². The van der Waals surface area contributed by atoms with Crippen LogP contribution < -0.4 is 4.90 Å². The van der Waals surface area contributed by atoms with Crippen molar-refractivity contribution in [1.29, 1.82) is 0 Å². The largest absolute Gasteiger partial charge is 0.354 e. The minimum Gasteiger partial charge on any atom is -0.354 e. The quantitative estimate of drug-likeness (QED) is 0.789. The van der Waals surface area contributed by atoms with Gasteiger partial charge in [0.1, 0.15) is 5.82 Å². The van der Waals surface area contributed by atoms with E-state index in [2.05, 4.69) is 25.7 Å². The molecule has 0 aromatic carbocycles. The fraction of sp³-hybridized carbons (Fsp3) is 0.385. The molecule has 2 aromatic heterocycles. The molecule has 3 rings (SSSR count). The lowest BCUT2D eigenvalue weighted by Crippen LogP contribution is -2.37. The summed E-state index contributed by atoms with van der Waals surface area (Å²) in [7, 11) is 0. The lowest BCUT2D eigenvalue weighted by atomic mass is 10.1. The Labute approximate surface area is 101 Å². The molecule has 0 radical (unpaired) electrons. The van der Waals surface area contributed by atoms with Gasteiger partial charge in [0.15, 0.2) is 0 Å². The molecule has 1 unspecified atom stereocenters. The van der Waals surface area contributed by atoms with Crippen molar-refractivity contribution in [1.82, 2.24) is 14.8 Å². The van der Waals surface area contributed by atoms with Crippen LogP contribution in [-0.2, 0) is 0 Å². The number of rotatable bonds is 2. The molecule has 1 fully saturated rings. The van der Waals surface area contributed by atoms with Gasteiger partial charge >= 0.3 is 0 Å². The molecule has 17 heavy (non-hydrogen) atoms. The van der Waals surface area contributed by atoms with Crippen LogP contribution in [0.25, 0.3) is 0 Å². The van der Waals surface area contributed by atoms with Crippen LogP contribution in [0.4, 0.5) is 5.82 Å². The maximum absolute atomic E-state index is 4.41. The lowest BCUT2D eigenvalue weighted by molar-refractivity contribution is 0.375. The Morgan fingerprint density at radius 1 is 1.18 bits per heavy atom. The highest BCUT2D eigenvalue weighted by atomic mass is 15.3. The zero-order chi connectivity index (χ0) is 11.5. The molecule has 1 saturated heterocycles. The van der Waals surface area contributed by atoms with Gasteiger partial charge in [-0.25, -0.2) is 4.98 Å². The summed E-state index contributed by atoms with van der Waals surface area (Å²) in [5, 5.41) is 4.34. The number of piperidine rings is 1. The molecule has 88 valence electrons. The third kappa shape index (κ3) is 2.16. The van der Waals surface area contributed by atoms with Crippen molar-refractivity contribution >= 4 is 5.82 Å². The van der Waals surface area contributed by atoms with Crippen molar-refractivity contribution in [3.8, 4) is 0 Å². The minimum atomic E-state index is 0.473. The van der Waals surface area contributed by atoms with E-state index in [-0.39, 0.29) is 0 Å². The first-order chi connectivity index (χ1) is 8.43. The second-order valence-corrected chi connectivity index (χ2v) is 4.42. The lowest BCUT2D eigenvalue weighted by Gasteiger charge is -2.33. The number of hydrogen-bond acceptors (Lipinski definition) is 3. The Morgan fingerprint density at radius 2 is 2.18 bits per heavy atom. The first kappa shape index (κ1) is 10.3. The van der Waals surface area contributed by atoms with Gasteiger partial charge in [-0.05, 0) is 31.0 Å². The molecule has 0 spiro atoms. The molecule has 3 heterocycles. The van der Waals surface area contributed by atoms with E-state index in [1.807, 2.05) is 36.8 Å². The van der Waals surface area contributed by atoms with Crippen molar-refractivity contribution in [3.63, 3.8) is 0 Å². The van der Waals surface area contributed by atoms with E-state index in [9.17, 15) is 0 Å². The predicted octanol–water partition coefficient (Wildman–Crippen LogP) is 2.12. The second-order valence-electron chi connectivity index (χ2n) is 4.42. The van der Waals surface area contributed by atoms with E-state index in [4.69, 9.17) is 0 Å². The summed E-state index contributed by atoms with van der Waals surface area (Å²) in [6, 6.07) is 8.53. The van der Waals surface area contributed by atoms with Crippen LogP contribution in [-0.4, -0.2) is 27.9 Å². The Bertz CT molecular complexity index is 452. The molecule has 1 aliphatic rings. The van der Waals surface area contributed by atoms with Crippen molar-refractivity contribution in [2.45, 2.75) is 18.9 Å². The average molecular weight is 228 g/mol. The van der Waals surface area contributed by atoms with E-state index >= 15 is 0 Å². The van der Waals surface area contributed by atoms with Gasteiger partial charge in [0.05, 0.1) is 6.04 Å². The number of pyridine rings is 1. The van der Waals surface area contributed by atoms with Crippen LogP contribution in [0.2, 0.25) is 0 Å². The highest BCUT2D eigenvalue weighted by Crippen LogP contribution is 2.23. The standard InChI is InChI=1S/C13H16N4/c1-2-7-14-13(6-1)16-9-3-5-12(11-16)17-10-4-8-15-17/h1-2,4,6-8,10,12H,3,5,9,11H2. The summed E-state index contributed by atoms with van der Waals surface area (Å²) in [6.45, 7) is 2.09. The molecule has 1 atom stereocenters. The van der Waals surface area contributed by atoms with Crippen LogP contribution in [0.5, 0.6) is 0 Å². The van der Waals surface area contributed by atoms with Crippen LogP contribution in [0, 0.1) is 0 Å². The van der Waals surface area contributed by atoms with Gasteiger partial charge in [0.25, 0.3) is 0 Å². The summed E-state index contributed by atoms with van der Waals surface area (Å²) in [5.74, 6) is 1.07. The van der Waals surface area contributed by atoms with Gasteiger partial charge in [-0.15, -0.1) is 0 Å². The third-order valence-electron chi connectivity index (χ3n) is 3.27. The zero-order valence-corrected chi connectivity index (χ0v) is 9.74. The van der Waals surface area contributed by atoms with Gasteiger partial charge in [-0.3, -0.25) is 4.68 Å². The van der Waals surface area contributed by atoms with Gasteiger partial charge in [0.2, 0.25) is 0 Å². The number of nitrogens with zero attached hydrogens (tertiary/aromatic N) is 4. The number of aromatic nitrogens is 3. The van der Waals surface area contributed by atoms with Crippen LogP contribution in [0.1, 0.15) is 18.9 Å². The normalized spacial score (nSPS) is 20.5. The molecule has 0 amide bonds. The van der Waals surface area contributed by atoms with Gasteiger partial charge in [-0.2, -0.15) is 5.10 Å². The molecular weight excluding hydrogens is 212 g/mol. The second kappa shape index (κ2) is 4.57. The van der Waals surface area contributed by atoms with Gasteiger partial charge in [0, 0.05) is 31.7 Å². The Balaban J connectivity index is 1.76. The Hall–Kier alpha value is -1.84. The average Bonchev–Trinajstić information content (AvgIpc) is 2.94. The summed E-state index contributed by atoms with van der Waals surface area (Å²) in [5.41, 5.74) is 0. The zero-order valence-electron chi connectivity index (χ0n) is 9.74. The third-order valence-corrected chi connectivity index (χ3v) is 3.27. The van der Waals surface area contributed by atoms with Gasteiger partial charge in [-0.1, -0.05) is 6.07 Å². The van der Waals surface area contributed by atoms with E-state index in [1.54, 1.807) is 0 Å². The molecular formula is C13H16N4. The minimum absolute atomic E-state index is 0.473. The van der Waals surface area contributed by atoms with Crippen molar-refractivity contribution in [2.75, 3.05) is 18.0 Å². The van der Waals surface area contributed by atoms with E-state index in [1.165, 1.54) is 12.8 Å². The molecule has 2 aromatic rings. The summed E-state index contributed by atoms with van der Waals surface area (Å²) >= 11 is 0. The Morgan fingerprint density at radius 3 is 2.94 bits per heavy atom. The maximum Gasteiger partial charge on any atom is 0.128 e. The van der Waals surface area contributed by atoms with Crippen molar-refractivity contribution in [2.24, 2.45) is 0 Å². The molecule has 1 aliphatic heterocycles. The van der Waals surface area contributed by atoms with Crippen molar-refractivity contribution in [3.05, 3.63) is 42.9 Å². The summed E-state index contributed by atoms with van der Waals surface area (Å²) in [6.07, 6.45) is 8.14. The first-order valence-corrected chi connectivity index (χ1v) is 6.08. The van der Waals surface area contributed by atoms with Crippen LogP contribution >= 0.6 is 0 Å². The maximum atomic E-state index is 4.41. The highest BCUT2D eigenvalue weighted by Gasteiger charge is 2.21. The van der Waals surface area contributed by atoms with Crippen LogP contribution in [0.15, 0.2) is 42.9 Å². The molecule has 0 saturated carbocycles. The summed E-state index contributed by atoms with van der Waals surface area (Å²) in [4.78, 5) is 6.76. The molecule has 0 N–H and O–H groups in total. The van der Waals surface area contributed by atoms with E-state index < -0.39 is 0 Å².